The molecule has 2 heterocycles. The van der Waals surface area contributed by atoms with Crippen LogP contribution in [0.5, 0.6) is 0 Å². The van der Waals surface area contributed by atoms with Crippen LogP contribution in [-0.4, -0.2) is 27.2 Å². The first-order valence-corrected chi connectivity index (χ1v) is 22.0. The molecule has 0 unspecified atom stereocenters. The fourth-order valence-corrected chi connectivity index (χ4v) is 13.5. The largest absolute Gasteiger partial charge is 0.299 e. The Bertz CT molecular complexity index is 2730. The van der Waals surface area contributed by atoms with E-state index >= 15 is 0 Å². The second-order valence-electron chi connectivity index (χ2n) is 15.5. The van der Waals surface area contributed by atoms with Crippen molar-refractivity contribution in [3.8, 4) is 34.2 Å². The molecule has 9 aromatic rings. The molecule has 0 aliphatic heterocycles. The Kier molecular flexibility index (Phi) is 9.61. The third-order valence-corrected chi connectivity index (χ3v) is 16.1. The quantitative estimate of drug-likeness (QED) is 0.103. The van der Waals surface area contributed by atoms with E-state index in [1.807, 2.05) is 6.20 Å². The van der Waals surface area contributed by atoms with Crippen molar-refractivity contribution in [3.05, 3.63) is 206 Å². The van der Waals surface area contributed by atoms with Crippen LogP contribution < -0.4 is 20.7 Å². The van der Waals surface area contributed by atoms with E-state index in [0.29, 0.717) is 11.8 Å². The predicted octanol–water partition coefficient (Wildman–Crippen LogP) is 10.2. The molecule has 0 saturated carbocycles. The van der Waals surface area contributed by atoms with Gasteiger partial charge in [0.15, 0.2) is 8.07 Å². The zero-order chi connectivity index (χ0) is 38.9. The van der Waals surface area contributed by atoms with Crippen LogP contribution in [0.4, 0.5) is 0 Å². The van der Waals surface area contributed by atoms with E-state index in [2.05, 4.69) is 225 Å². The normalized spacial score (nSPS) is 11.8. The molecular formula is C52H46N4Si. The molecule has 0 saturated heterocycles. The monoisotopic (exact) mass is 754 g/mol. The lowest BCUT2D eigenvalue weighted by atomic mass is 9.92. The van der Waals surface area contributed by atoms with Crippen molar-refractivity contribution >= 4 is 39.9 Å². The van der Waals surface area contributed by atoms with Crippen molar-refractivity contribution in [2.45, 2.75) is 39.5 Å². The summed E-state index contributed by atoms with van der Waals surface area (Å²) in [6.07, 6.45) is 4.08. The summed E-state index contributed by atoms with van der Waals surface area (Å²) in [7, 11) is -2.97. The van der Waals surface area contributed by atoms with Gasteiger partial charge in [0.1, 0.15) is 11.6 Å². The van der Waals surface area contributed by atoms with Crippen LogP contribution in [0.15, 0.2) is 194 Å². The zero-order valence-electron chi connectivity index (χ0n) is 32.9. The third kappa shape index (κ3) is 6.34. The molecule has 5 heteroatoms. The molecule has 0 spiro atoms. The average Bonchev–Trinajstić information content (AvgIpc) is 3.91. The minimum atomic E-state index is -2.97. The van der Waals surface area contributed by atoms with Gasteiger partial charge in [0.2, 0.25) is 0 Å². The average molecular weight is 755 g/mol. The third-order valence-electron chi connectivity index (χ3n) is 11.3. The number of rotatable bonds is 10. The van der Waals surface area contributed by atoms with Gasteiger partial charge in [-0.25, -0.2) is 9.97 Å². The molecule has 0 atom stereocenters. The Morgan fingerprint density at radius 3 is 1.54 bits per heavy atom. The van der Waals surface area contributed by atoms with Gasteiger partial charge in [0, 0.05) is 29.2 Å². The first-order valence-electron chi connectivity index (χ1n) is 20.0. The number of hydrogen-bond acceptors (Lipinski definition) is 2. The van der Waals surface area contributed by atoms with E-state index in [9.17, 15) is 0 Å². The molecule has 0 fully saturated rings. The Balaban J connectivity index is 1.30. The molecular weight excluding hydrogens is 709 g/mol. The van der Waals surface area contributed by atoms with Crippen LogP contribution in [0, 0.1) is 0 Å². The maximum absolute atomic E-state index is 5.29. The summed E-state index contributed by atoms with van der Waals surface area (Å²) >= 11 is 0. The van der Waals surface area contributed by atoms with E-state index in [0.717, 1.165) is 39.5 Å². The SMILES string of the molecule is CC(C)c1cccc(C(C)C)c1-n1ccnc1-c1cccc([Si](c2ccccc2)(c2ccccc2)c2cccc(-c3nc4ccccc4n3-c3ccccc3)c2)c1. The topological polar surface area (TPSA) is 35.6 Å². The number of para-hydroxylation sites is 4. The van der Waals surface area contributed by atoms with Crippen LogP contribution in [0.2, 0.25) is 0 Å². The molecule has 0 aliphatic carbocycles. The molecule has 9 rings (SSSR count). The standard InChI is InChI=1S/C52H46N4Si/c1-37(2)46-29-18-30-47(38(3)4)50(46)55-34-33-53-51(55)39-19-16-27-44(35-39)57(42-23-10-6-11-24-42,43-25-12-7-13-26-43)45-28-17-20-40(36-45)52-54-48-31-14-15-32-49(48)56(52)41-21-8-5-9-22-41/h5-38H,1-4H3. The summed E-state index contributed by atoms with van der Waals surface area (Å²) in [5.74, 6) is 2.59. The first-order chi connectivity index (χ1) is 27.9. The fourth-order valence-electron chi connectivity index (χ4n) is 8.70. The van der Waals surface area contributed by atoms with Crippen molar-refractivity contribution in [1.29, 1.82) is 0 Å². The molecule has 278 valence electrons. The maximum Gasteiger partial charge on any atom is 0.179 e. The maximum atomic E-state index is 5.29. The number of imidazole rings is 2. The summed E-state index contributed by atoms with van der Waals surface area (Å²) in [5.41, 5.74) is 9.21. The molecule has 0 aliphatic rings. The van der Waals surface area contributed by atoms with E-state index in [1.165, 1.54) is 37.6 Å². The molecule has 0 bridgehead atoms. The van der Waals surface area contributed by atoms with Crippen LogP contribution >= 0.6 is 0 Å². The van der Waals surface area contributed by atoms with E-state index in [1.54, 1.807) is 0 Å². The Hall–Kier alpha value is -6.56. The fraction of sp³-hybridized carbons (Fsp3) is 0.115. The number of benzene rings is 7. The molecule has 4 nitrogen and oxygen atoms in total. The summed E-state index contributed by atoms with van der Waals surface area (Å²) in [6, 6.07) is 66.4. The van der Waals surface area contributed by atoms with Gasteiger partial charge in [-0.3, -0.25) is 9.13 Å². The van der Waals surface area contributed by atoms with E-state index < -0.39 is 8.07 Å². The van der Waals surface area contributed by atoms with Crippen molar-refractivity contribution < 1.29 is 0 Å². The van der Waals surface area contributed by atoms with Crippen molar-refractivity contribution in [2.75, 3.05) is 0 Å². The summed E-state index contributed by atoms with van der Waals surface area (Å²) < 4.78 is 4.62. The Morgan fingerprint density at radius 1 is 0.474 bits per heavy atom. The molecule has 0 N–H and O–H groups in total. The van der Waals surface area contributed by atoms with Gasteiger partial charge in [-0.2, -0.15) is 0 Å². The van der Waals surface area contributed by atoms with Crippen LogP contribution in [0.1, 0.15) is 50.7 Å². The van der Waals surface area contributed by atoms with Gasteiger partial charge in [-0.1, -0.05) is 185 Å². The van der Waals surface area contributed by atoms with Crippen LogP contribution in [-0.2, 0) is 0 Å². The smallest absolute Gasteiger partial charge is 0.179 e. The number of nitrogens with zero attached hydrogens (tertiary/aromatic N) is 4. The zero-order valence-corrected chi connectivity index (χ0v) is 33.9. The lowest BCUT2D eigenvalue weighted by molar-refractivity contribution is 0.807. The van der Waals surface area contributed by atoms with Gasteiger partial charge in [-0.15, -0.1) is 0 Å². The van der Waals surface area contributed by atoms with Crippen LogP contribution in [0.25, 0.3) is 45.2 Å². The summed E-state index contributed by atoms with van der Waals surface area (Å²) in [6.45, 7) is 9.12. The van der Waals surface area contributed by atoms with Gasteiger partial charge in [0.05, 0.1) is 16.7 Å². The minimum absolute atomic E-state index is 0.360. The summed E-state index contributed by atoms with van der Waals surface area (Å²) in [5, 5.41) is 5.22. The molecule has 2 aromatic heterocycles. The van der Waals surface area contributed by atoms with Gasteiger partial charge in [-0.05, 0) is 68.0 Å². The molecule has 7 aromatic carbocycles. The van der Waals surface area contributed by atoms with Crippen molar-refractivity contribution in [3.63, 3.8) is 0 Å². The highest BCUT2D eigenvalue weighted by atomic mass is 28.3. The first kappa shape index (κ1) is 36.1. The Labute approximate surface area is 336 Å². The highest BCUT2D eigenvalue weighted by molar-refractivity contribution is 7.20. The Morgan fingerprint density at radius 2 is 0.965 bits per heavy atom. The predicted molar refractivity (Wildman–Crippen MR) is 241 cm³/mol. The second-order valence-corrected chi connectivity index (χ2v) is 19.3. The van der Waals surface area contributed by atoms with E-state index in [-0.39, 0.29) is 0 Å². The lowest BCUT2D eigenvalue weighted by Gasteiger charge is -2.35. The molecule has 0 radical (unpaired) electrons. The van der Waals surface area contributed by atoms with Gasteiger partial charge < -0.3 is 0 Å². The van der Waals surface area contributed by atoms with Gasteiger partial charge in [0.25, 0.3) is 0 Å². The highest BCUT2D eigenvalue weighted by Crippen LogP contribution is 2.34. The number of aromatic nitrogens is 4. The molecule has 0 amide bonds. The number of fused-ring (bicyclic) bond motifs is 1. The minimum Gasteiger partial charge on any atom is -0.299 e. The molecule has 57 heavy (non-hydrogen) atoms. The second kappa shape index (κ2) is 15.2. The van der Waals surface area contributed by atoms with E-state index in [4.69, 9.17) is 9.97 Å². The lowest BCUT2D eigenvalue weighted by Crippen LogP contribution is -2.74. The van der Waals surface area contributed by atoms with Crippen molar-refractivity contribution in [1.82, 2.24) is 19.1 Å². The van der Waals surface area contributed by atoms with Crippen molar-refractivity contribution in [2.24, 2.45) is 0 Å². The highest BCUT2D eigenvalue weighted by Gasteiger charge is 2.42. The number of hydrogen-bond donors (Lipinski definition) is 0. The van der Waals surface area contributed by atoms with Crippen LogP contribution in [0.3, 0.4) is 0 Å². The summed E-state index contributed by atoms with van der Waals surface area (Å²) in [4.78, 5) is 10.4. The van der Waals surface area contributed by atoms with Gasteiger partial charge >= 0.3 is 0 Å².